The van der Waals surface area contributed by atoms with Gasteiger partial charge in [0.1, 0.15) is 19.3 Å². The van der Waals surface area contributed by atoms with Gasteiger partial charge in [-0.2, -0.15) is 0 Å². The molecule has 0 bridgehead atoms. The molecule has 0 aromatic heterocycles. The molecule has 0 aliphatic heterocycles. The number of phosphoric acid groups is 2. The predicted molar refractivity (Wildman–Crippen MR) is 404 cm³/mol. The van der Waals surface area contributed by atoms with Gasteiger partial charge in [0, 0.05) is 25.7 Å². The zero-order valence-electron chi connectivity index (χ0n) is 65.1. The van der Waals surface area contributed by atoms with Gasteiger partial charge in [-0.15, -0.1) is 0 Å². The van der Waals surface area contributed by atoms with Crippen LogP contribution in [0, 0.1) is 23.7 Å². The van der Waals surface area contributed by atoms with Gasteiger partial charge in [0.15, 0.2) is 12.2 Å². The van der Waals surface area contributed by atoms with Crippen molar-refractivity contribution >= 4 is 39.5 Å². The molecule has 0 spiro atoms. The lowest BCUT2D eigenvalue weighted by molar-refractivity contribution is -0.161. The summed E-state index contributed by atoms with van der Waals surface area (Å²) in [6.07, 6.45) is 55.9. The van der Waals surface area contributed by atoms with E-state index in [1.165, 1.54) is 205 Å². The Morgan fingerprint density at radius 1 is 0.283 bits per heavy atom. The van der Waals surface area contributed by atoms with E-state index in [1.807, 2.05) is 0 Å². The van der Waals surface area contributed by atoms with Crippen LogP contribution in [0.5, 0.6) is 0 Å². The van der Waals surface area contributed by atoms with E-state index in [0.29, 0.717) is 37.5 Å². The maximum atomic E-state index is 13.1. The number of unbranched alkanes of at least 4 members (excludes halogenated alkanes) is 41. The normalized spacial score (nSPS) is 14.6. The number of aliphatic hydroxyl groups is 1. The van der Waals surface area contributed by atoms with Crippen LogP contribution in [0.1, 0.15) is 409 Å². The van der Waals surface area contributed by atoms with Crippen LogP contribution in [-0.2, 0) is 65.4 Å². The Kier molecular flexibility index (Phi) is 67.8. The highest BCUT2D eigenvalue weighted by Gasteiger charge is 2.30. The Hall–Kier alpha value is -1.94. The fourth-order valence-corrected chi connectivity index (χ4v) is 13.8. The monoisotopic (exact) mass is 1450 g/mol. The maximum absolute atomic E-state index is 13.1. The molecule has 99 heavy (non-hydrogen) atoms. The second-order valence-corrected chi connectivity index (χ2v) is 33.1. The number of aliphatic hydroxyl groups excluding tert-OH is 1. The molecule has 0 aromatic carbocycles. The lowest BCUT2D eigenvalue weighted by Gasteiger charge is -2.21. The average molecular weight is 1450 g/mol. The van der Waals surface area contributed by atoms with E-state index in [2.05, 4.69) is 55.4 Å². The van der Waals surface area contributed by atoms with Crippen molar-refractivity contribution in [3.05, 3.63) is 0 Å². The number of hydrogen-bond donors (Lipinski definition) is 3. The number of esters is 4. The summed E-state index contributed by atoms with van der Waals surface area (Å²) < 4.78 is 68.5. The van der Waals surface area contributed by atoms with E-state index in [9.17, 15) is 43.2 Å². The van der Waals surface area contributed by atoms with Gasteiger partial charge in [-0.05, 0) is 49.4 Å². The van der Waals surface area contributed by atoms with Crippen molar-refractivity contribution in [2.24, 2.45) is 23.7 Å². The number of carbonyl (C=O) groups excluding carboxylic acids is 4. The third kappa shape index (κ3) is 71.5. The predicted octanol–water partition coefficient (Wildman–Crippen LogP) is 23.6. The van der Waals surface area contributed by atoms with Crippen LogP contribution in [0.2, 0.25) is 0 Å². The van der Waals surface area contributed by atoms with Crippen LogP contribution >= 0.6 is 15.6 Å². The molecule has 0 amide bonds. The molecular formula is C80H156O17P2. The smallest absolute Gasteiger partial charge is 0.462 e. The van der Waals surface area contributed by atoms with Gasteiger partial charge in [0.25, 0.3) is 0 Å². The quantitative estimate of drug-likeness (QED) is 0.0222. The van der Waals surface area contributed by atoms with E-state index in [0.717, 1.165) is 108 Å². The fourth-order valence-electron chi connectivity index (χ4n) is 12.2. The molecule has 0 aliphatic rings. The Balaban J connectivity index is 5.17. The summed E-state index contributed by atoms with van der Waals surface area (Å²) in [5, 5.41) is 10.6. The van der Waals surface area contributed by atoms with Crippen molar-refractivity contribution < 1.29 is 80.2 Å². The number of carbonyl (C=O) groups is 4. The van der Waals surface area contributed by atoms with Crippen LogP contribution in [0.4, 0.5) is 0 Å². The summed E-state index contributed by atoms with van der Waals surface area (Å²) in [6.45, 7) is 14.2. The first-order chi connectivity index (χ1) is 47.7. The third-order valence-electron chi connectivity index (χ3n) is 19.3. The van der Waals surface area contributed by atoms with E-state index < -0.39 is 97.5 Å². The first-order valence-electron chi connectivity index (χ1n) is 41.3. The van der Waals surface area contributed by atoms with E-state index in [-0.39, 0.29) is 25.7 Å². The van der Waals surface area contributed by atoms with Crippen LogP contribution < -0.4 is 0 Å². The first kappa shape index (κ1) is 97.1. The molecule has 0 saturated heterocycles. The van der Waals surface area contributed by atoms with Crippen LogP contribution in [0.3, 0.4) is 0 Å². The van der Waals surface area contributed by atoms with E-state index in [4.69, 9.17) is 37.0 Å². The molecular weight excluding hydrogens is 1290 g/mol. The molecule has 17 nitrogen and oxygen atoms in total. The number of rotatable bonds is 77. The molecule has 0 aromatic rings. The Morgan fingerprint density at radius 3 is 0.717 bits per heavy atom. The largest absolute Gasteiger partial charge is 0.472 e. The third-order valence-corrected chi connectivity index (χ3v) is 21.2. The molecule has 0 rings (SSSR count). The highest BCUT2D eigenvalue weighted by atomic mass is 31.2. The molecule has 588 valence electrons. The summed E-state index contributed by atoms with van der Waals surface area (Å²) in [5.74, 6) is 0.972. The van der Waals surface area contributed by atoms with Gasteiger partial charge in [-0.1, -0.05) is 357 Å². The van der Waals surface area contributed by atoms with Crippen LogP contribution in [0.25, 0.3) is 0 Å². The summed E-state index contributed by atoms with van der Waals surface area (Å²) in [5.41, 5.74) is 0. The molecule has 0 heterocycles. The van der Waals surface area contributed by atoms with Crippen LogP contribution in [-0.4, -0.2) is 96.7 Å². The van der Waals surface area contributed by atoms with Gasteiger partial charge in [0.05, 0.1) is 26.4 Å². The summed E-state index contributed by atoms with van der Waals surface area (Å²) in [6, 6.07) is 0. The van der Waals surface area contributed by atoms with Crippen molar-refractivity contribution in [2.75, 3.05) is 39.6 Å². The Bertz CT molecular complexity index is 1940. The van der Waals surface area contributed by atoms with Gasteiger partial charge in [0.2, 0.25) is 0 Å². The average Bonchev–Trinajstić information content (AvgIpc) is 1.12. The van der Waals surface area contributed by atoms with Gasteiger partial charge in [-0.3, -0.25) is 37.3 Å². The minimum absolute atomic E-state index is 0.101. The molecule has 0 fully saturated rings. The molecule has 0 saturated carbocycles. The van der Waals surface area contributed by atoms with Gasteiger partial charge < -0.3 is 33.8 Å². The standard InChI is InChI=1S/C80H156O17P2/c1-9-72(7)58-50-42-33-27-23-19-15-13-11-12-14-16-21-25-29-35-44-52-60-77(82)90-66-75(96-79(84)62-54-46-36-30-26-22-18-17-20-24-28-34-43-51-59-73(8)10-2)68-94-98(86,87)92-64-74(81)65-93-99(88,89)95-69-76(97-80(85)63-55-47-39-38-41-49-57-71(5)6)67-91-78(83)61-53-45-37-31-32-40-48-56-70(3)4/h70-76,81H,9-69H2,1-8H3,(H,86,87)(H,88,89)/t72?,73?,74?,75-,76-/m1/s1. The lowest BCUT2D eigenvalue weighted by atomic mass is 9.99. The van der Waals surface area contributed by atoms with Crippen molar-refractivity contribution in [3.63, 3.8) is 0 Å². The zero-order valence-corrected chi connectivity index (χ0v) is 66.9. The van der Waals surface area contributed by atoms with Gasteiger partial charge in [-0.25, -0.2) is 9.13 Å². The SMILES string of the molecule is CCC(C)CCCCCCCCCCCCCCCCCCCCC(=O)OC[C@H](COP(=O)(O)OCC(O)COP(=O)(O)OC[C@@H](COC(=O)CCCCCCCCCC(C)C)OC(=O)CCCCCCCCC(C)C)OC(=O)CCCCCCCCCCCCCCCCC(C)CC. The van der Waals surface area contributed by atoms with Crippen molar-refractivity contribution in [2.45, 2.75) is 427 Å². The Morgan fingerprint density at radius 2 is 0.485 bits per heavy atom. The fraction of sp³-hybridized carbons (Fsp3) is 0.950. The highest BCUT2D eigenvalue weighted by molar-refractivity contribution is 7.47. The summed E-state index contributed by atoms with van der Waals surface area (Å²) in [4.78, 5) is 72.8. The second kappa shape index (κ2) is 69.1. The second-order valence-electron chi connectivity index (χ2n) is 30.2. The number of hydrogen-bond acceptors (Lipinski definition) is 15. The summed E-state index contributed by atoms with van der Waals surface area (Å²) in [7, 11) is -9.91. The molecule has 0 aliphatic carbocycles. The van der Waals surface area contributed by atoms with Crippen LogP contribution in [0.15, 0.2) is 0 Å². The number of phosphoric ester groups is 2. The highest BCUT2D eigenvalue weighted by Crippen LogP contribution is 2.45. The minimum atomic E-state index is -4.96. The van der Waals surface area contributed by atoms with Gasteiger partial charge >= 0.3 is 39.5 Å². The number of ether oxygens (including phenoxy) is 4. The lowest BCUT2D eigenvalue weighted by Crippen LogP contribution is -2.30. The molecule has 0 radical (unpaired) electrons. The van der Waals surface area contributed by atoms with Crippen molar-refractivity contribution in [3.8, 4) is 0 Å². The molecule has 19 heteroatoms. The first-order valence-corrected chi connectivity index (χ1v) is 44.3. The zero-order chi connectivity index (χ0) is 73.1. The molecule has 5 unspecified atom stereocenters. The molecule has 3 N–H and O–H groups in total. The minimum Gasteiger partial charge on any atom is -0.462 e. The van der Waals surface area contributed by atoms with E-state index in [1.54, 1.807) is 0 Å². The summed E-state index contributed by atoms with van der Waals surface area (Å²) >= 11 is 0. The molecule has 7 atom stereocenters. The maximum Gasteiger partial charge on any atom is 0.472 e. The Labute approximate surface area is 607 Å². The van der Waals surface area contributed by atoms with Crippen molar-refractivity contribution in [1.29, 1.82) is 0 Å². The topological polar surface area (TPSA) is 237 Å². The van der Waals surface area contributed by atoms with E-state index >= 15 is 0 Å². The van der Waals surface area contributed by atoms with Crippen molar-refractivity contribution in [1.82, 2.24) is 0 Å².